The minimum Gasteiger partial charge on any atom is -0.341 e. The Bertz CT molecular complexity index is 897. The lowest BCUT2D eigenvalue weighted by Gasteiger charge is -2.36. The molecule has 2 aliphatic heterocycles. The van der Waals surface area contributed by atoms with E-state index in [-0.39, 0.29) is 18.0 Å². The first-order valence-corrected chi connectivity index (χ1v) is 11.3. The van der Waals surface area contributed by atoms with Gasteiger partial charge in [-0.25, -0.2) is 17.5 Å². The van der Waals surface area contributed by atoms with Gasteiger partial charge in [-0.1, -0.05) is 6.08 Å². The molecule has 1 N–H and O–H groups in total. The van der Waals surface area contributed by atoms with Crippen LogP contribution in [0.4, 0.5) is 4.39 Å². The third-order valence-corrected chi connectivity index (χ3v) is 6.79. The normalized spacial score (nSPS) is 20.0. The van der Waals surface area contributed by atoms with Crippen LogP contribution in [0.1, 0.15) is 42.5 Å². The number of hydrogen-bond acceptors (Lipinski definition) is 4. The molecule has 0 aromatic heterocycles. The van der Waals surface area contributed by atoms with Crippen molar-refractivity contribution in [3.05, 3.63) is 42.2 Å². The first kappa shape index (κ1) is 21.4. The molecule has 0 bridgehead atoms. The molecule has 3 rings (SSSR count). The lowest BCUT2D eigenvalue weighted by molar-refractivity contribution is -0.136. The summed E-state index contributed by atoms with van der Waals surface area (Å²) in [6, 6.07) is 2.71. The summed E-state index contributed by atoms with van der Waals surface area (Å²) < 4.78 is 41.0. The van der Waals surface area contributed by atoms with Crippen molar-refractivity contribution in [2.24, 2.45) is 0 Å². The van der Waals surface area contributed by atoms with Crippen molar-refractivity contribution in [2.75, 3.05) is 26.2 Å². The van der Waals surface area contributed by atoms with Crippen molar-refractivity contribution in [3.63, 3.8) is 0 Å². The van der Waals surface area contributed by atoms with Gasteiger partial charge in [0.1, 0.15) is 16.8 Å². The van der Waals surface area contributed by atoms with Gasteiger partial charge in [-0.3, -0.25) is 9.59 Å². The van der Waals surface area contributed by atoms with Crippen molar-refractivity contribution in [2.45, 2.75) is 43.0 Å². The molecular weight excluding hydrogens is 397 g/mol. The van der Waals surface area contributed by atoms with Crippen LogP contribution in [0.5, 0.6) is 0 Å². The number of benzene rings is 1. The molecule has 2 fully saturated rings. The number of rotatable bonds is 6. The van der Waals surface area contributed by atoms with Gasteiger partial charge in [0.05, 0.1) is 0 Å². The minimum absolute atomic E-state index is 0.0477. The molecule has 0 radical (unpaired) electrons. The maximum atomic E-state index is 14.2. The van der Waals surface area contributed by atoms with Gasteiger partial charge in [0.25, 0.3) is 5.91 Å². The molecule has 2 heterocycles. The molecular formula is C20H26FN3O4S. The van der Waals surface area contributed by atoms with E-state index in [4.69, 9.17) is 0 Å². The maximum absolute atomic E-state index is 14.2. The molecule has 1 aromatic rings. The fraction of sp³-hybridized carbons (Fsp3) is 0.500. The van der Waals surface area contributed by atoms with Gasteiger partial charge < -0.3 is 9.80 Å². The van der Waals surface area contributed by atoms with E-state index in [1.807, 2.05) is 0 Å². The van der Waals surface area contributed by atoms with Gasteiger partial charge in [0.2, 0.25) is 15.9 Å². The predicted octanol–water partition coefficient (Wildman–Crippen LogP) is 1.91. The van der Waals surface area contributed by atoms with E-state index in [0.717, 1.165) is 37.8 Å². The SMILES string of the molecule is C=CCNS(=O)(=O)c1cc(C(=O)N2CCCCC2C(=O)N2CCCC2)ccc1F. The molecule has 2 amide bonds. The van der Waals surface area contributed by atoms with E-state index >= 15 is 0 Å². The maximum Gasteiger partial charge on any atom is 0.254 e. The van der Waals surface area contributed by atoms with Crippen molar-refractivity contribution >= 4 is 21.8 Å². The smallest absolute Gasteiger partial charge is 0.254 e. The number of halogens is 1. The largest absolute Gasteiger partial charge is 0.341 e. The number of sulfonamides is 1. The summed E-state index contributed by atoms with van der Waals surface area (Å²) in [5.41, 5.74) is 0.0477. The molecule has 0 aliphatic carbocycles. The van der Waals surface area contributed by atoms with Crippen molar-refractivity contribution in [1.29, 1.82) is 0 Å². The summed E-state index contributed by atoms with van der Waals surface area (Å²) in [4.78, 5) is 28.7. The summed E-state index contributed by atoms with van der Waals surface area (Å²) >= 11 is 0. The highest BCUT2D eigenvalue weighted by atomic mass is 32.2. The molecule has 1 unspecified atom stereocenters. The fourth-order valence-corrected chi connectivity index (χ4v) is 4.93. The van der Waals surface area contributed by atoms with E-state index in [1.165, 1.54) is 17.0 Å². The van der Waals surface area contributed by atoms with Gasteiger partial charge in [-0.15, -0.1) is 6.58 Å². The van der Waals surface area contributed by atoms with Gasteiger partial charge in [0.15, 0.2) is 0 Å². The number of carbonyl (C=O) groups excluding carboxylic acids is 2. The van der Waals surface area contributed by atoms with Crippen LogP contribution in [0.2, 0.25) is 0 Å². The second kappa shape index (κ2) is 9.04. The Morgan fingerprint density at radius 1 is 1.17 bits per heavy atom. The average Bonchev–Trinajstić information content (AvgIpc) is 3.26. The lowest BCUT2D eigenvalue weighted by Crippen LogP contribution is -2.52. The second-order valence-corrected chi connectivity index (χ2v) is 9.06. The van der Waals surface area contributed by atoms with Crippen LogP contribution in [-0.2, 0) is 14.8 Å². The molecule has 0 saturated carbocycles. The summed E-state index contributed by atoms with van der Waals surface area (Å²) in [6.07, 6.45) is 5.46. The summed E-state index contributed by atoms with van der Waals surface area (Å²) in [7, 11) is -4.12. The van der Waals surface area contributed by atoms with Crippen LogP contribution in [-0.4, -0.2) is 62.3 Å². The Morgan fingerprint density at radius 2 is 1.86 bits per heavy atom. The van der Waals surface area contributed by atoms with E-state index in [2.05, 4.69) is 11.3 Å². The number of piperidine rings is 1. The quantitative estimate of drug-likeness (QED) is 0.708. The molecule has 0 spiro atoms. The third-order valence-electron chi connectivity index (χ3n) is 5.35. The predicted molar refractivity (Wildman–Crippen MR) is 106 cm³/mol. The van der Waals surface area contributed by atoms with Crippen LogP contribution >= 0.6 is 0 Å². The Morgan fingerprint density at radius 3 is 2.55 bits per heavy atom. The first-order valence-electron chi connectivity index (χ1n) is 9.85. The third kappa shape index (κ3) is 4.67. The number of nitrogens with one attached hydrogen (secondary N) is 1. The molecule has 1 aromatic carbocycles. The highest BCUT2D eigenvalue weighted by Gasteiger charge is 2.36. The molecule has 29 heavy (non-hydrogen) atoms. The van der Waals surface area contributed by atoms with E-state index in [1.54, 1.807) is 4.90 Å². The molecule has 7 nitrogen and oxygen atoms in total. The van der Waals surface area contributed by atoms with Gasteiger partial charge >= 0.3 is 0 Å². The Balaban J connectivity index is 1.87. The molecule has 2 saturated heterocycles. The topological polar surface area (TPSA) is 86.8 Å². The number of carbonyl (C=O) groups is 2. The monoisotopic (exact) mass is 423 g/mol. The molecule has 1 atom stereocenters. The number of amides is 2. The highest BCUT2D eigenvalue weighted by molar-refractivity contribution is 7.89. The van der Waals surface area contributed by atoms with Crippen LogP contribution in [0, 0.1) is 5.82 Å². The van der Waals surface area contributed by atoms with Crippen LogP contribution in [0.3, 0.4) is 0 Å². The number of nitrogens with zero attached hydrogens (tertiary/aromatic N) is 2. The Kier molecular flexibility index (Phi) is 6.69. The summed E-state index contributed by atoms with van der Waals surface area (Å²) in [6.45, 7) is 5.18. The number of hydrogen-bond donors (Lipinski definition) is 1. The Labute approximate surface area is 170 Å². The standard InChI is InChI=1S/C20H26FN3O4S/c1-2-10-22-29(27,28)18-14-15(8-9-16(18)21)19(25)24-13-4-3-7-17(24)20(26)23-11-5-6-12-23/h2,8-9,14,17,22H,1,3-7,10-13H2. The fourth-order valence-electron chi connectivity index (χ4n) is 3.83. The van der Waals surface area contributed by atoms with E-state index < -0.39 is 32.7 Å². The average molecular weight is 424 g/mol. The van der Waals surface area contributed by atoms with Crippen molar-refractivity contribution in [3.8, 4) is 0 Å². The Hall–Kier alpha value is -2.26. The van der Waals surface area contributed by atoms with E-state index in [9.17, 15) is 22.4 Å². The van der Waals surface area contributed by atoms with Crippen molar-refractivity contribution < 1.29 is 22.4 Å². The lowest BCUT2D eigenvalue weighted by atomic mass is 9.99. The second-order valence-electron chi connectivity index (χ2n) is 7.33. The summed E-state index contributed by atoms with van der Waals surface area (Å²) in [5.74, 6) is -1.46. The summed E-state index contributed by atoms with van der Waals surface area (Å²) in [5, 5.41) is 0. The molecule has 2 aliphatic rings. The van der Waals surface area contributed by atoms with Crippen LogP contribution in [0.25, 0.3) is 0 Å². The van der Waals surface area contributed by atoms with Crippen molar-refractivity contribution in [1.82, 2.24) is 14.5 Å². The zero-order chi connectivity index (χ0) is 21.0. The highest BCUT2D eigenvalue weighted by Crippen LogP contribution is 2.25. The molecule has 9 heteroatoms. The molecule has 158 valence electrons. The van der Waals surface area contributed by atoms with Crippen LogP contribution < -0.4 is 4.72 Å². The first-order chi connectivity index (χ1) is 13.8. The number of likely N-dealkylation sites (tertiary alicyclic amines) is 2. The van der Waals surface area contributed by atoms with Gasteiger partial charge in [-0.2, -0.15) is 0 Å². The van der Waals surface area contributed by atoms with E-state index in [0.29, 0.717) is 26.1 Å². The van der Waals surface area contributed by atoms with Crippen LogP contribution in [0.15, 0.2) is 35.7 Å². The van der Waals surface area contributed by atoms with Gasteiger partial charge in [0, 0.05) is 31.7 Å². The zero-order valence-corrected chi connectivity index (χ0v) is 17.1. The van der Waals surface area contributed by atoms with Gasteiger partial charge in [-0.05, 0) is 50.3 Å². The zero-order valence-electron chi connectivity index (χ0n) is 16.3. The minimum atomic E-state index is -4.12.